The van der Waals surface area contributed by atoms with Gasteiger partial charge in [-0.1, -0.05) is 30.3 Å². The third-order valence-electron chi connectivity index (χ3n) is 4.62. The van der Waals surface area contributed by atoms with Crippen molar-refractivity contribution in [2.45, 2.75) is 58.7 Å². The highest BCUT2D eigenvalue weighted by atomic mass is 16.2. The minimum absolute atomic E-state index is 0.140. The van der Waals surface area contributed by atoms with Gasteiger partial charge in [0.05, 0.1) is 5.69 Å². The average molecular weight is 368 g/mol. The Hall–Kier alpha value is -2.63. The van der Waals surface area contributed by atoms with Gasteiger partial charge in [-0.05, 0) is 45.6 Å². The Bertz CT molecular complexity index is 834. The molecule has 0 unspecified atom stereocenters. The Kier molecular flexibility index (Phi) is 5.35. The Balaban J connectivity index is 1.88. The summed E-state index contributed by atoms with van der Waals surface area (Å²) in [6, 6.07) is 9.86. The number of hydrogen-bond donors (Lipinski definition) is 1. The molecular formula is C21H28N4O2. The number of amides is 2. The van der Waals surface area contributed by atoms with Crippen LogP contribution in [0.3, 0.4) is 0 Å². The van der Waals surface area contributed by atoms with Crippen LogP contribution in [0.5, 0.6) is 0 Å². The Morgan fingerprint density at radius 1 is 1.19 bits per heavy atom. The fourth-order valence-corrected chi connectivity index (χ4v) is 3.39. The highest BCUT2D eigenvalue weighted by Gasteiger charge is 2.30. The smallest absolute Gasteiger partial charge is 0.287 e. The molecule has 1 aliphatic rings. The molecule has 1 aromatic carbocycles. The maximum absolute atomic E-state index is 13.1. The van der Waals surface area contributed by atoms with Gasteiger partial charge in [0.25, 0.3) is 11.8 Å². The summed E-state index contributed by atoms with van der Waals surface area (Å²) in [5.74, 6) is -0.0224. The van der Waals surface area contributed by atoms with E-state index in [1.54, 1.807) is 11.9 Å². The van der Waals surface area contributed by atoms with Crippen LogP contribution in [-0.4, -0.2) is 38.9 Å². The van der Waals surface area contributed by atoms with Gasteiger partial charge in [-0.3, -0.25) is 9.59 Å². The maximum atomic E-state index is 13.1. The lowest BCUT2D eigenvalue weighted by Gasteiger charge is -2.22. The second-order valence-corrected chi connectivity index (χ2v) is 8.19. The first-order valence-electron chi connectivity index (χ1n) is 9.47. The van der Waals surface area contributed by atoms with Crippen LogP contribution in [0.1, 0.15) is 66.0 Å². The highest BCUT2D eigenvalue weighted by Crippen LogP contribution is 2.23. The first kappa shape index (κ1) is 19.1. The monoisotopic (exact) mass is 368 g/mol. The Morgan fingerprint density at radius 3 is 2.56 bits per heavy atom. The predicted octanol–water partition coefficient (Wildman–Crippen LogP) is 3.02. The number of aromatic nitrogens is 2. The number of hydrogen-bond acceptors (Lipinski definition) is 3. The summed E-state index contributed by atoms with van der Waals surface area (Å²) in [5.41, 5.74) is 2.00. The summed E-state index contributed by atoms with van der Waals surface area (Å²) in [7, 11) is 1.78. The predicted molar refractivity (Wildman–Crippen MR) is 105 cm³/mol. The second kappa shape index (κ2) is 7.55. The van der Waals surface area contributed by atoms with Gasteiger partial charge in [0.15, 0.2) is 5.82 Å². The zero-order chi connectivity index (χ0) is 19.6. The molecule has 2 heterocycles. The molecule has 0 saturated heterocycles. The quantitative estimate of drug-likeness (QED) is 0.902. The molecule has 0 atom stereocenters. The van der Waals surface area contributed by atoms with E-state index in [4.69, 9.17) is 0 Å². The first-order chi connectivity index (χ1) is 12.8. The molecule has 2 aromatic rings. The van der Waals surface area contributed by atoms with Gasteiger partial charge >= 0.3 is 0 Å². The van der Waals surface area contributed by atoms with Crippen molar-refractivity contribution in [3.8, 4) is 0 Å². The zero-order valence-electron chi connectivity index (χ0n) is 16.6. The molecule has 0 saturated carbocycles. The van der Waals surface area contributed by atoms with Gasteiger partial charge in [-0.25, -0.2) is 4.98 Å². The number of rotatable bonds is 4. The van der Waals surface area contributed by atoms with Crippen molar-refractivity contribution in [3.05, 3.63) is 53.1 Å². The fourth-order valence-electron chi connectivity index (χ4n) is 3.39. The molecule has 0 bridgehead atoms. The third-order valence-corrected chi connectivity index (χ3v) is 4.62. The average Bonchev–Trinajstić information content (AvgIpc) is 3.00. The lowest BCUT2D eigenvalue weighted by Crippen LogP contribution is -2.42. The zero-order valence-corrected chi connectivity index (χ0v) is 16.6. The lowest BCUT2D eigenvalue weighted by atomic mass is 10.1. The highest BCUT2D eigenvalue weighted by molar-refractivity contribution is 5.97. The van der Waals surface area contributed by atoms with Crippen molar-refractivity contribution in [1.82, 2.24) is 19.8 Å². The molecule has 0 aliphatic carbocycles. The largest absolute Gasteiger partial charge is 0.345 e. The summed E-state index contributed by atoms with van der Waals surface area (Å²) >= 11 is 0. The molecule has 1 aliphatic heterocycles. The number of benzene rings is 1. The molecule has 6 heteroatoms. The van der Waals surface area contributed by atoms with Crippen LogP contribution in [0, 0.1) is 0 Å². The molecule has 1 aromatic heterocycles. The summed E-state index contributed by atoms with van der Waals surface area (Å²) in [4.78, 5) is 31.9. The van der Waals surface area contributed by atoms with Crippen LogP contribution in [0.15, 0.2) is 30.3 Å². The van der Waals surface area contributed by atoms with Crippen molar-refractivity contribution < 1.29 is 9.59 Å². The van der Waals surface area contributed by atoms with E-state index in [-0.39, 0.29) is 17.4 Å². The van der Waals surface area contributed by atoms with Crippen molar-refractivity contribution in [3.63, 3.8) is 0 Å². The second-order valence-electron chi connectivity index (χ2n) is 8.19. The normalized spacial score (nSPS) is 13.8. The van der Waals surface area contributed by atoms with Crippen LogP contribution < -0.4 is 5.32 Å². The number of nitrogens with zero attached hydrogens (tertiary/aromatic N) is 3. The number of nitrogens with one attached hydrogen (secondary N) is 1. The van der Waals surface area contributed by atoms with Crippen molar-refractivity contribution in [2.24, 2.45) is 0 Å². The summed E-state index contributed by atoms with van der Waals surface area (Å²) < 4.78 is 1.92. The van der Waals surface area contributed by atoms with Gasteiger partial charge in [0.1, 0.15) is 5.69 Å². The Morgan fingerprint density at radius 2 is 1.89 bits per heavy atom. The van der Waals surface area contributed by atoms with Crippen LogP contribution >= 0.6 is 0 Å². The van der Waals surface area contributed by atoms with E-state index >= 15 is 0 Å². The SMILES string of the molecule is CN(Cc1ccccc1)C(=O)c1nc(C(=O)NC(C)(C)C)n2c1CCCC2. The Labute approximate surface area is 160 Å². The fraction of sp³-hybridized carbons (Fsp3) is 0.476. The van der Waals surface area contributed by atoms with Gasteiger partial charge in [0.2, 0.25) is 0 Å². The van der Waals surface area contributed by atoms with Crippen molar-refractivity contribution in [2.75, 3.05) is 7.05 Å². The molecule has 144 valence electrons. The standard InChI is InChI=1S/C21H28N4O2/c1-21(2,3)23-19(26)18-22-17(16-12-8-9-13-25(16)18)20(27)24(4)14-15-10-6-5-7-11-15/h5-7,10-11H,8-9,12-14H2,1-4H3,(H,23,26). The molecule has 6 nitrogen and oxygen atoms in total. The summed E-state index contributed by atoms with van der Waals surface area (Å²) in [6.07, 6.45) is 2.78. The summed E-state index contributed by atoms with van der Waals surface area (Å²) in [6.45, 7) is 7.04. The van der Waals surface area contributed by atoms with Gasteiger partial charge in [0, 0.05) is 25.7 Å². The molecule has 0 radical (unpaired) electrons. The van der Waals surface area contributed by atoms with Gasteiger partial charge in [-0.15, -0.1) is 0 Å². The van der Waals surface area contributed by atoms with E-state index in [2.05, 4.69) is 10.3 Å². The molecule has 1 N–H and O–H groups in total. The van der Waals surface area contributed by atoms with E-state index < -0.39 is 0 Å². The minimum atomic E-state index is -0.355. The minimum Gasteiger partial charge on any atom is -0.345 e. The van der Waals surface area contributed by atoms with Crippen LogP contribution in [0.2, 0.25) is 0 Å². The number of fused-ring (bicyclic) bond motifs is 1. The van der Waals surface area contributed by atoms with Crippen LogP contribution in [0.4, 0.5) is 0 Å². The third kappa shape index (κ3) is 4.38. The van der Waals surface area contributed by atoms with Crippen molar-refractivity contribution >= 4 is 11.8 Å². The molecule has 0 fully saturated rings. The number of imidazole rings is 1. The number of carbonyl (C=O) groups excluding carboxylic acids is 2. The molecule has 27 heavy (non-hydrogen) atoms. The van der Waals surface area contributed by atoms with E-state index in [1.807, 2.05) is 55.7 Å². The van der Waals surface area contributed by atoms with Crippen LogP contribution in [0.25, 0.3) is 0 Å². The molecule has 2 amide bonds. The van der Waals surface area contributed by atoms with E-state index in [0.717, 1.165) is 37.1 Å². The molecule has 0 spiro atoms. The lowest BCUT2D eigenvalue weighted by molar-refractivity contribution is 0.0778. The summed E-state index contributed by atoms with van der Waals surface area (Å²) in [5, 5.41) is 2.96. The van der Waals surface area contributed by atoms with E-state index in [9.17, 15) is 9.59 Å². The van der Waals surface area contributed by atoms with E-state index in [1.165, 1.54) is 0 Å². The maximum Gasteiger partial charge on any atom is 0.287 e. The van der Waals surface area contributed by atoms with Crippen LogP contribution in [-0.2, 0) is 19.5 Å². The van der Waals surface area contributed by atoms with Gasteiger partial charge in [-0.2, -0.15) is 0 Å². The van der Waals surface area contributed by atoms with Crippen molar-refractivity contribution in [1.29, 1.82) is 0 Å². The topological polar surface area (TPSA) is 67.2 Å². The first-order valence-corrected chi connectivity index (χ1v) is 9.47. The number of carbonyl (C=O) groups is 2. The molecular weight excluding hydrogens is 340 g/mol. The van der Waals surface area contributed by atoms with Gasteiger partial charge < -0.3 is 14.8 Å². The van der Waals surface area contributed by atoms with E-state index in [0.29, 0.717) is 18.1 Å². The molecule has 3 rings (SSSR count).